The van der Waals surface area contributed by atoms with Crippen molar-refractivity contribution in [3.05, 3.63) is 39.9 Å². The van der Waals surface area contributed by atoms with E-state index >= 15 is 0 Å². The van der Waals surface area contributed by atoms with Gasteiger partial charge in [0.1, 0.15) is 6.54 Å². The average Bonchev–Trinajstić information content (AvgIpc) is 2.25. The van der Waals surface area contributed by atoms with Crippen LogP contribution in [0.5, 0.6) is 0 Å². The van der Waals surface area contributed by atoms with Gasteiger partial charge in [-0.3, -0.25) is 10.1 Å². The van der Waals surface area contributed by atoms with Crippen LogP contribution in [-0.2, 0) is 16.7 Å². The van der Waals surface area contributed by atoms with E-state index < -0.39 is 15.6 Å². The number of rotatable bonds is 3. The molecule has 0 bridgehead atoms. The van der Waals surface area contributed by atoms with Gasteiger partial charge in [-0.15, -0.1) is 0 Å². The van der Waals surface area contributed by atoms with Crippen LogP contribution in [0.2, 0.25) is 0 Å². The Morgan fingerprint density at radius 3 is 1.73 bits per heavy atom. The fraction of sp³-hybridized carbons (Fsp3) is 0.455. The summed E-state index contributed by atoms with van der Waals surface area (Å²) >= 11 is 0. The highest BCUT2D eigenvalue weighted by Gasteiger charge is 2.36. The SMILES string of the molecule is C[N+](C)(C)Cc1ccc([N+](=O)[O-])cc1.O=S(=O)([O-])C(F)(F)F. The van der Waals surface area contributed by atoms with Gasteiger partial charge in [0.25, 0.3) is 5.69 Å². The molecule has 0 N–H and O–H groups in total. The largest absolute Gasteiger partial charge is 0.741 e. The van der Waals surface area contributed by atoms with Gasteiger partial charge < -0.3 is 9.04 Å². The number of nitrogens with zero attached hydrogens (tertiary/aromatic N) is 2. The van der Waals surface area contributed by atoms with Crippen LogP contribution in [0.3, 0.4) is 0 Å². The lowest BCUT2D eigenvalue weighted by atomic mass is 10.2. The normalized spacial score (nSPS) is 12.3. The predicted octanol–water partition coefficient (Wildman–Crippen LogP) is 1.85. The Morgan fingerprint density at radius 2 is 1.50 bits per heavy atom. The van der Waals surface area contributed by atoms with E-state index in [4.69, 9.17) is 13.0 Å². The number of hydrogen-bond donors (Lipinski definition) is 0. The third-order valence-corrected chi connectivity index (χ3v) is 2.65. The summed E-state index contributed by atoms with van der Waals surface area (Å²) in [5.41, 5.74) is -4.38. The van der Waals surface area contributed by atoms with Crippen molar-refractivity contribution in [1.82, 2.24) is 0 Å². The molecule has 1 aromatic rings. The number of halogens is 3. The Balaban J connectivity index is 0.000000472. The molecule has 0 saturated heterocycles. The summed E-state index contributed by atoms with van der Waals surface area (Å²) in [6.07, 6.45) is 0. The molecule has 0 unspecified atom stereocenters. The van der Waals surface area contributed by atoms with Gasteiger partial charge in [-0.1, -0.05) is 0 Å². The molecule has 0 spiro atoms. The lowest BCUT2D eigenvalue weighted by molar-refractivity contribution is -0.884. The molecule has 0 aliphatic carbocycles. The maximum absolute atomic E-state index is 10.7. The second kappa shape index (κ2) is 7.03. The Hall–Kier alpha value is -1.72. The van der Waals surface area contributed by atoms with Crippen molar-refractivity contribution in [2.24, 2.45) is 0 Å². The number of hydrogen-bond acceptors (Lipinski definition) is 5. The molecule has 0 aromatic heterocycles. The van der Waals surface area contributed by atoms with Gasteiger partial charge in [-0.05, 0) is 12.1 Å². The lowest BCUT2D eigenvalue weighted by Crippen LogP contribution is -2.33. The summed E-state index contributed by atoms with van der Waals surface area (Å²) in [5, 5.41) is 10.4. The Labute approximate surface area is 125 Å². The Morgan fingerprint density at radius 1 is 1.14 bits per heavy atom. The van der Waals surface area contributed by atoms with Crippen molar-refractivity contribution >= 4 is 15.8 Å². The molecule has 0 saturated carbocycles. The van der Waals surface area contributed by atoms with E-state index in [1.54, 1.807) is 12.1 Å². The third-order valence-electron chi connectivity index (χ3n) is 2.09. The minimum absolute atomic E-state index is 0.148. The predicted molar refractivity (Wildman–Crippen MR) is 70.6 cm³/mol. The van der Waals surface area contributed by atoms with E-state index in [0.717, 1.165) is 16.6 Å². The quantitative estimate of drug-likeness (QED) is 0.274. The standard InChI is InChI=1S/C10H15N2O2.CHF3O3S/c1-12(2,3)8-9-4-6-10(7-5-9)11(13)14;2-1(3,4)8(5,6)7/h4-7H,8H2,1-3H3;(H,5,6,7)/q+1;/p-1. The molecule has 1 aromatic carbocycles. The molecule has 7 nitrogen and oxygen atoms in total. The topological polar surface area (TPSA) is 100 Å². The summed E-state index contributed by atoms with van der Waals surface area (Å²) in [4.78, 5) is 10.0. The number of quaternary nitrogens is 1. The van der Waals surface area contributed by atoms with Crippen LogP contribution in [0.1, 0.15) is 5.56 Å². The highest BCUT2D eigenvalue weighted by atomic mass is 32.2. The number of non-ortho nitro benzene ring substituents is 1. The van der Waals surface area contributed by atoms with Gasteiger partial charge in [-0.25, -0.2) is 8.42 Å². The van der Waals surface area contributed by atoms with Crippen LogP contribution < -0.4 is 0 Å². The highest BCUT2D eigenvalue weighted by molar-refractivity contribution is 7.86. The van der Waals surface area contributed by atoms with Gasteiger partial charge >= 0.3 is 5.51 Å². The molecule has 0 heterocycles. The maximum Gasteiger partial charge on any atom is 0.485 e. The zero-order valence-corrected chi connectivity index (χ0v) is 12.8. The minimum Gasteiger partial charge on any atom is -0.741 e. The molecule has 0 atom stereocenters. The first-order valence-corrected chi connectivity index (χ1v) is 7.10. The first kappa shape index (κ1) is 20.3. The molecule has 22 heavy (non-hydrogen) atoms. The summed E-state index contributed by atoms with van der Waals surface area (Å²) in [6.45, 7) is 0.873. The van der Waals surface area contributed by atoms with Gasteiger partial charge in [0, 0.05) is 17.7 Å². The molecule has 0 aliphatic rings. The van der Waals surface area contributed by atoms with Crippen molar-refractivity contribution in [1.29, 1.82) is 0 Å². The molecular weight excluding hydrogens is 329 g/mol. The van der Waals surface area contributed by atoms with Crippen molar-refractivity contribution in [2.45, 2.75) is 12.1 Å². The monoisotopic (exact) mass is 344 g/mol. The van der Waals surface area contributed by atoms with E-state index in [9.17, 15) is 23.3 Å². The van der Waals surface area contributed by atoms with E-state index in [0.29, 0.717) is 0 Å². The number of nitro groups is 1. The van der Waals surface area contributed by atoms with Crippen molar-refractivity contribution < 1.29 is 35.5 Å². The van der Waals surface area contributed by atoms with E-state index in [-0.39, 0.29) is 10.6 Å². The lowest BCUT2D eigenvalue weighted by Gasteiger charge is -2.23. The summed E-state index contributed by atoms with van der Waals surface area (Å²) < 4.78 is 59.7. The molecular formula is C11H15F3N2O5S. The molecule has 0 radical (unpaired) electrons. The van der Waals surface area contributed by atoms with E-state index in [1.807, 2.05) is 12.1 Å². The minimum atomic E-state index is -6.09. The number of nitro benzene ring substituents is 1. The van der Waals surface area contributed by atoms with Crippen LogP contribution in [-0.4, -0.2) is 49.0 Å². The zero-order chi connectivity index (χ0) is 17.8. The zero-order valence-electron chi connectivity index (χ0n) is 12.0. The van der Waals surface area contributed by atoms with Crippen molar-refractivity contribution in [2.75, 3.05) is 21.1 Å². The first-order chi connectivity index (χ1) is 9.63. The summed E-state index contributed by atoms with van der Waals surface area (Å²) in [6, 6.07) is 6.71. The smallest absolute Gasteiger partial charge is 0.485 e. The van der Waals surface area contributed by atoms with Crippen LogP contribution >= 0.6 is 0 Å². The number of alkyl halides is 3. The molecule has 126 valence electrons. The van der Waals surface area contributed by atoms with Crippen LogP contribution in [0, 0.1) is 10.1 Å². The molecule has 0 fully saturated rings. The van der Waals surface area contributed by atoms with Crippen molar-refractivity contribution in [3.63, 3.8) is 0 Å². The van der Waals surface area contributed by atoms with Gasteiger partial charge in [0.05, 0.1) is 26.1 Å². The molecule has 0 aliphatic heterocycles. The fourth-order valence-electron chi connectivity index (χ4n) is 1.27. The molecule has 11 heteroatoms. The fourth-order valence-corrected chi connectivity index (χ4v) is 1.27. The van der Waals surface area contributed by atoms with Crippen LogP contribution in [0.25, 0.3) is 0 Å². The van der Waals surface area contributed by atoms with Crippen LogP contribution in [0.15, 0.2) is 24.3 Å². The summed E-state index contributed by atoms with van der Waals surface area (Å²) in [5.74, 6) is 0. The van der Waals surface area contributed by atoms with E-state index in [2.05, 4.69) is 21.1 Å². The Bertz CT molecular complexity index is 606. The highest BCUT2D eigenvalue weighted by Crippen LogP contribution is 2.20. The third kappa shape index (κ3) is 7.90. The maximum atomic E-state index is 10.7. The first-order valence-electron chi connectivity index (χ1n) is 5.69. The Kier molecular flexibility index (Phi) is 6.48. The molecule has 0 amide bonds. The summed E-state index contributed by atoms with van der Waals surface area (Å²) in [7, 11) is 0.164. The number of benzene rings is 1. The second-order valence-corrected chi connectivity index (χ2v) is 6.64. The van der Waals surface area contributed by atoms with Gasteiger partial charge in [0.2, 0.25) is 0 Å². The van der Waals surface area contributed by atoms with Gasteiger partial charge in [0.15, 0.2) is 10.1 Å². The molecule has 1 rings (SSSR count). The van der Waals surface area contributed by atoms with E-state index in [1.165, 1.54) is 0 Å². The van der Waals surface area contributed by atoms with Crippen molar-refractivity contribution in [3.8, 4) is 0 Å². The van der Waals surface area contributed by atoms with Crippen LogP contribution in [0.4, 0.5) is 18.9 Å². The average molecular weight is 344 g/mol. The van der Waals surface area contributed by atoms with Gasteiger partial charge in [-0.2, -0.15) is 13.2 Å². The second-order valence-electron chi connectivity index (χ2n) is 5.27.